The van der Waals surface area contributed by atoms with Crippen molar-refractivity contribution in [1.82, 2.24) is 4.90 Å². The van der Waals surface area contributed by atoms with Crippen molar-refractivity contribution < 1.29 is 19.3 Å². The first-order valence-corrected chi connectivity index (χ1v) is 11.7. The zero-order chi connectivity index (χ0) is 21.1. The second kappa shape index (κ2) is 7.39. The van der Waals surface area contributed by atoms with E-state index in [1.807, 2.05) is 0 Å². The van der Waals surface area contributed by atoms with E-state index < -0.39 is 6.10 Å². The number of fused-ring (bicyclic) bond motifs is 3. The van der Waals surface area contributed by atoms with Crippen molar-refractivity contribution in [2.75, 3.05) is 20.2 Å². The first-order chi connectivity index (χ1) is 14.3. The lowest BCUT2D eigenvalue weighted by Gasteiger charge is -2.53. The van der Waals surface area contributed by atoms with E-state index >= 15 is 0 Å². The molecule has 1 saturated heterocycles. The van der Waals surface area contributed by atoms with Crippen LogP contribution in [0.3, 0.4) is 0 Å². The van der Waals surface area contributed by atoms with Crippen LogP contribution in [-0.4, -0.2) is 54.1 Å². The molecular weight excluding hydrogens is 378 g/mol. The molecule has 2 aliphatic heterocycles. The van der Waals surface area contributed by atoms with E-state index in [1.165, 1.54) is 43.2 Å². The van der Waals surface area contributed by atoms with Crippen LogP contribution in [0.25, 0.3) is 0 Å². The van der Waals surface area contributed by atoms with Gasteiger partial charge >= 0.3 is 0 Å². The standard InChI is InChI=1S/C25H37NO4/c1-24(2,3)30-23-15-26-9-6-16-10-22(29-17-13-25(14-17)7-5-8-25)21(28-4)11-18(16)19(26)12-20(23)27/h10-11,17,19-20,23,27H,5-9,12-15H2,1-4H3. The first-order valence-electron chi connectivity index (χ1n) is 11.7. The molecule has 1 spiro atoms. The van der Waals surface area contributed by atoms with Crippen molar-refractivity contribution in [1.29, 1.82) is 0 Å². The second-order valence-electron chi connectivity index (χ2n) is 11.0. The molecule has 0 radical (unpaired) electrons. The van der Waals surface area contributed by atoms with Gasteiger partial charge in [0.25, 0.3) is 0 Å². The van der Waals surface area contributed by atoms with Crippen LogP contribution in [0.1, 0.15) is 76.5 Å². The molecule has 1 aromatic carbocycles. The van der Waals surface area contributed by atoms with E-state index in [2.05, 4.69) is 37.8 Å². The number of ether oxygens (including phenoxy) is 3. The molecule has 4 aliphatic rings. The topological polar surface area (TPSA) is 51.2 Å². The summed E-state index contributed by atoms with van der Waals surface area (Å²) in [5.74, 6) is 1.72. The van der Waals surface area contributed by atoms with Gasteiger partial charge in [-0.25, -0.2) is 0 Å². The van der Waals surface area contributed by atoms with E-state index in [0.29, 0.717) is 17.9 Å². The predicted molar refractivity (Wildman–Crippen MR) is 116 cm³/mol. The molecule has 2 aliphatic carbocycles. The van der Waals surface area contributed by atoms with Crippen LogP contribution in [0.2, 0.25) is 0 Å². The van der Waals surface area contributed by atoms with Gasteiger partial charge in [-0.1, -0.05) is 6.42 Å². The third-order valence-corrected chi connectivity index (χ3v) is 7.74. The van der Waals surface area contributed by atoms with E-state index in [4.69, 9.17) is 14.2 Å². The van der Waals surface area contributed by atoms with E-state index in [9.17, 15) is 5.11 Å². The highest BCUT2D eigenvalue weighted by Gasteiger charge is 2.49. The lowest BCUT2D eigenvalue weighted by atomic mass is 9.55. The Hall–Kier alpha value is -1.30. The number of nitrogens with zero attached hydrogens (tertiary/aromatic N) is 1. The molecule has 30 heavy (non-hydrogen) atoms. The third kappa shape index (κ3) is 3.74. The number of piperidine rings is 1. The van der Waals surface area contributed by atoms with Crippen molar-refractivity contribution in [3.8, 4) is 11.5 Å². The van der Waals surface area contributed by atoms with Crippen LogP contribution in [0.5, 0.6) is 11.5 Å². The summed E-state index contributed by atoms with van der Waals surface area (Å²) in [4.78, 5) is 2.47. The van der Waals surface area contributed by atoms with E-state index in [0.717, 1.165) is 31.0 Å². The zero-order valence-corrected chi connectivity index (χ0v) is 18.9. The highest BCUT2D eigenvalue weighted by molar-refractivity contribution is 5.50. The first kappa shape index (κ1) is 20.6. The highest BCUT2D eigenvalue weighted by Crippen LogP contribution is 2.57. The Morgan fingerprint density at radius 2 is 1.90 bits per heavy atom. The Morgan fingerprint density at radius 3 is 2.53 bits per heavy atom. The number of benzene rings is 1. The second-order valence-corrected chi connectivity index (χ2v) is 11.0. The van der Waals surface area contributed by atoms with Gasteiger partial charge in [0.1, 0.15) is 0 Å². The lowest BCUT2D eigenvalue weighted by molar-refractivity contribution is -0.149. The maximum Gasteiger partial charge on any atom is 0.161 e. The average Bonchev–Trinajstić information content (AvgIpc) is 2.61. The minimum Gasteiger partial charge on any atom is -0.493 e. The van der Waals surface area contributed by atoms with Crippen LogP contribution in [-0.2, 0) is 11.2 Å². The molecule has 3 atom stereocenters. The summed E-state index contributed by atoms with van der Waals surface area (Å²) in [5, 5.41) is 10.8. The fourth-order valence-corrected chi connectivity index (χ4v) is 6.06. The van der Waals surface area contributed by atoms with Gasteiger partial charge in [-0.2, -0.15) is 0 Å². The van der Waals surface area contributed by atoms with Crippen LogP contribution in [0, 0.1) is 5.41 Å². The van der Waals surface area contributed by atoms with Crippen molar-refractivity contribution in [3.63, 3.8) is 0 Å². The molecular formula is C25H37NO4. The third-order valence-electron chi connectivity index (χ3n) is 7.74. The highest BCUT2D eigenvalue weighted by atomic mass is 16.5. The van der Waals surface area contributed by atoms with Crippen molar-refractivity contribution >= 4 is 0 Å². The minimum atomic E-state index is -0.452. The predicted octanol–water partition coefficient (Wildman–Crippen LogP) is 4.25. The molecule has 2 saturated carbocycles. The van der Waals surface area contributed by atoms with E-state index in [-0.39, 0.29) is 17.7 Å². The number of aliphatic hydroxyl groups is 1. The van der Waals surface area contributed by atoms with Gasteiger partial charge in [0.15, 0.2) is 11.5 Å². The molecule has 0 bridgehead atoms. The monoisotopic (exact) mass is 415 g/mol. The fraction of sp³-hybridized carbons (Fsp3) is 0.760. The Morgan fingerprint density at radius 1 is 1.13 bits per heavy atom. The smallest absolute Gasteiger partial charge is 0.161 e. The number of aliphatic hydroxyl groups excluding tert-OH is 1. The molecule has 166 valence electrons. The average molecular weight is 416 g/mol. The van der Waals surface area contributed by atoms with Gasteiger partial charge in [-0.15, -0.1) is 0 Å². The van der Waals surface area contributed by atoms with E-state index in [1.54, 1.807) is 7.11 Å². The minimum absolute atomic E-state index is 0.134. The summed E-state index contributed by atoms with van der Waals surface area (Å²) in [5.41, 5.74) is 2.98. The SMILES string of the molecule is COc1cc2c(cc1OC1CC3(CCC3)C1)CCN1CC(OC(C)(C)C)C(O)CC21. The Labute approximate surface area is 180 Å². The van der Waals surface area contributed by atoms with Gasteiger partial charge in [0.2, 0.25) is 0 Å². The molecule has 5 nitrogen and oxygen atoms in total. The molecule has 3 fully saturated rings. The molecule has 0 amide bonds. The molecule has 3 unspecified atom stereocenters. The maximum atomic E-state index is 10.8. The van der Waals surface area contributed by atoms with Crippen molar-refractivity contribution in [2.24, 2.45) is 5.41 Å². The van der Waals surface area contributed by atoms with Gasteiger partial charge in [-0.3, -0.25) is 4.90 Å². The summed E-state index contributed by atoms with van der Waals surface area (Å²) >= 11 is 0. The summed E-state index contributed by atoms with van der Waals surface area (Å²) in [6.45, 7) is 7.93. The Bertz CT molecular complexity index is 789. The summed E-state index contributed by atoms with van der Waals surface area (Å²) in [6.07, 6.45) is 8.00. The zero-order valence-electron chi connectivity index (χ0n) is 18.9. The Balaban J connectivity index is 1.32. The van der Waals surface area contributed by atoms with Crippen molar-refractivity contribution in [3.05, 3.63) is 23.3 Å². The normalized spacial score (nSPS) is 30.8. The number of hydrogen-bond acceptors (Lipinski definition) is 5. The summed E-state index contributed by atoms with van der Waals surface area (Å²) in [6, 6.07) is 4.59. The van der Waals surface area contributed by atoms with Gasteiger partial charge < -0.3 is 19.3 Å². The molecule has 0 aromatic heterocycles. The van der Waals surface area contributed by atoms with Gasteiger partial charge in [0, 0.05) is 19.1 Å². The molecule has 5 rings (SSSR count). The number of methoxy groups -OCH3 is 1. The molecule has 1 aromatic rings. The Kier molecular flexibility index (Phi) is 5.07. The number of rotatable bonds is 4. The lowest BCUT2D eigenvalue weighted by Crippen LogP contribution is -2.53. The van der Waals surface area contributed by atoms with Crippen LogP contribution in [0.4, 0.5) is 0 Å². The maximum absolute atomic E-state index is 10.8. The van der Waals surface area contributed by atoms with Crippen LogP contribution >= 0.6 is 0 Å². The quantitative estimate of drug-likeness (QED) is 0.797. The van der Waals surface area contributed by atoms with Gasteiger partial charge in [0.05, 0.1) is 31.0 Å². The largest absolute Gasteiger partial charge is 0.493 e. The van der Waals surface area contributed by atoms with Crippen LogP contribution in [0.15, 0.2) is 12.1 Å². The summed E-state index contributed by atoms with van der Waals surface area (Å²) < 4.78 is 18.3. The van der Waals surface area contributed by atoms with Gasteiger partial charge in [-0.05, 0) is 88.0 Å². The molecule has 2 heterocycles. The fourth-order valence-electron chi connectivity index (χ4n) is 6.06. The summed E-state index contributed by atoms with van der Waals surface area (Å²) in [7, 11) is 1.73. The molecule has 1 N–H and O–H groups in total. The number of hydrogen-bond donors (Lipinski definition) is 1. The van der Waals surface area contributed by atoms with Crippen molar-refractivity contribution in [2.45, 2.75) is 95.7 Å². The van der Waals surface area contributed by atoms with Crippen LogP contribution < -0.4 is 9.47 Å². The molecule has 5 heteroatoms.